The molecule has 3 nitrogen and oxygen atoms in total. The highest BCUT2D eigenvalue weighted by Crippen LogP contribution is 2.26. The SMILES string of the molecule is COc1c(F)c(C)nn1C(C)(C)C. The Morgan fingerprint density at radius 2 is 1.92 bits per heavy atom. The van der Waals surface area contributed by atoms with Crippen LogP contribution in [0.25, 0.3) is 0 Å². The number of halogens is 1. The summed E-state index contributed by atoms with van der Waals surface area (Å²) in [5, 5.41) is 4.07. The van der Waals surface area contributed by atoms with E-state index in [4.69, 9.17) is 4.74 Å². The van der Waals surface area contributed by atoms with Crippen molar-refractivity contribution in [3.8, 4) is 5.88 Å². The summed E-state index contributed by atoms with van der Waals surface area (Å²) in [4.78, 5) is 0. The van der Waals surface area contributed by atoms with E-state index in [0.717, 1.165) is 0 Å². The van der Waals surface area contributed by atoms with Gasteiger partial charge in [0.05, 0.1) is 18.3 Å². The number of aromatic nitrogens is 2. The Labute approximate surface area is 77.5 Å². The van der Waals surface area contributed by atoms with Crippen LogP contribution in [0.1, 0.15) is 26.5 Å². The molecule has 0 saturated carbocycles. The molecule has 0 bridgehead atoms. The maximum atomic E-state index is 13.3. The maximum absolute atomic E-state index is 13.3. The molecule has 1 aromatic rings. The van der Waals surface area contributed by atoms with Gasteiger partial charge in [-0.05, 0) is 27.7 Å². The summed E-state index contributed by atoms with van der Waals surface area (Å²) in [6.07, 6.45) is 0. The van der Waals surface area contributed by atoms with Crippen LogP contribution in [0, 0.1) is 12.7 Å². The Morgan fingerprint density at radius 3 is 2.23 bits per heavy atom. The molecule has 0 aliphatic heterocycles. The second kappa shape index (κ2) is 3.01. The second-order valence-electron chi connectivity index (χ2n) is 3.99. The molecule has 0 aliphatic rings. The van der Waals surface area contributed by atoms with Gasteiger partial charge in [-0.2, -0.15) is 9.49 Å². The van der Waals surface area contributed by atoms with E-state index in [1.807, 2.05) is 20.8 Å². The van der Waals surface area contributed by atoms with Crippen molar-refractivity contribution in [2.24, 2.45) is 0 Å². The molecule has 1 rings (SSSR count). The molecule has 0 N–H and O–H groups in total. The highest BCUT2D eigenvalue weighted by Gasteiger charge is 2.24. The molecular formula is C9H15FN2O. The molecule has 0 unspecified atom stereocenters. The number of nitrogens with zero attached hydrogens (tertiary/aromatic N) is 2. The molecule has 0 radical (unpaired) electrons. The third-order valence-corrected chi connectivity index (χ3v) is 1.78. The third kappa shape index (κ3) is 1.66. The van der Waals surface area contributed by atoms with Crippen LogP contribution >= 0.6 is 0 Å². The zero-order valence-electron chi connectivity index (χ0n) is 8.68. The van der Waals surface area contributed by atoms with E-state index in [1.54, 1.807) is 11.6 Å². The zero-order chi connectivity index (χ0) is 10.2. The maximum Gasteiger partial charge on any atom is 0.249 e. The fourth-order valence-corrected chi connectivity index (χ4v) is 1.12. The van der Waals surface area contributed by atoms with Gasteiger partial charge >= 0.3 is 0 Å². The predicted molar refractivity (Wildman–Crippen MR) is 48.5 cm³/mol. The van der Waals surface area contributed by atoms with Gasteiger partial charge in [0.2, 0.25) is 11.7 Å². The van der Waals surface area contributed by atoms with Crippen molar-refractivity contribution >= 4 is 0 Å². The van der Waals surface area contributed by atoms with Gasteiger partial charge in [-0.25, -0.2) is 4.68 Å². The average molecular weight is 186 g/mol. The Balaban J connectivity index is 3.30. The highest BCUT2D eigenvalue weighted by molar-refractivity contribution is 5.19. The van der Waals surface area contributed by atoms with E-state index in [9.17, 15) is 4.39 Å². The van der Waals surface area contributed by atoms with Crippen molar-refractivity contribution in [1.29, 1.82) is 0 Å². The van der Waals surface area contributed by atoms with Gasteiger partial charge in [0.15, 0.2) is 0 Å². The van der Waals surface area contributed by atoms with E-state index in [-0.39, 0.29) is 17.2 Å². The van der Waals surface area contributed by atoms with Crippen LogP contribution in [0.15, 0.2) is 0 Å². The molecule has 74 valence electrons. The van der Waals surface area contributed by atoms with E-state index < -0.39 is 0 Å². The zero-order valence-corrected chi connectivity index (χ0v) is 8.68. The minimum Gasteiger partial charge on any atom is -0.479 e. The lowest BCUT2D eigenvalue weighted by atomic mass is 10.1. The molecule has 1 aromatic heterocycles. The molecule has 0 spiro atoms. The lowest BCUT2D eigenvalue weighted by Crippen LogP contribution is -2.23. The Bertz CT molecular complexity index is 312. The first-order chi connectivity index (χ1) is 5.88. The first-order valence-corrected chi connectivity index (χ1v) is 4.17. The van der Waals surface area contributed by atoms with Crippen molar-refractivity contribution in [1.82, 2.24) is 9.78 Å². The van der Waals surface area contributed by atoms with Gasteiger partial charge in [-0.3, -0.25) is 0 Å². The normalized spacial score (nSPS) is 11.8. The second-order valence-corrected chi connectivity index (χ2v) is 3.99. The van der Waals surface area contributed by atoms with Crippen molar-refractivity contribution in [3.63, 3.8) is 0 Å². The summed E-state index contributed by atoms with van der Waals surface area (Å²) in [5.41, 5.74) is 0.104. The number of hydrogen-bond donors (Lipinski definition) is 0. The van der Waals surface area contributed by atoms with Crippen LogP contribution in [0.2, 0.25) is 0 Å². The molecule has 0 aliphatic carbocycles. The molecule has 4 heteroatoms. The fourth-order valence-electron chi connectivity index (χ4n) is 1.12. The van der Waals surface area contributed by atoms with Gasteiger partial charge in [0.25, 0.3) is 0 Å². The van der Waals surface area contributed by atoms with Crippen LogP contribution in [0.4, 0.5) is 4.39 Å². The van der Waals surface area contributed by atoms with Crippen LogP contribution in [-0.2, 0) is 5.54 Å². The first-order valence-electron chi connectivity index (χ1n) is 4.17. The molecular weight excluding hydrogens is 171 g/mol. The van der Waals surface area contributed by atoms with E-state index >= 15 is 0 Å². The van der Waals surface area contributed by atoms with E-state index in [0.29, 0.717) is 5.69 Å². The number of methoxy groups -OCH3 is 1. The van der Waals surface area contributed by atoms with E-state index in [1.165, 1.54) is 7.11 Å². The van der Waals surface area contributed by atoms with Crippen molar-refractivity contribution < 1.29 is 9.13 Å². The summed E-state index contributed by atoms with van der Waals surface area (Å²) in [5.74, 6) is -0.178. The van der Waals surface area contributed by atoms with Crippen molar-refractivity contribution in [2.75, 3.05) is 7.11 Å². The fraction of sp³-hybridized carbons (Fsp3) is 0.667. The Morgan fingerprint density at radius 1 is 1.38 bits per heavy atom. The lowest BCUT2D eigenvalue weighted by Gasteiger charge is -2.20. The topological polar surface area (TPSA) is 27.1 Å². The van der Waals surface area contributed by atoms with Gasteiger partial charge in [-0.1, -0.05) is 0 Å². The first kappa shape index (κ1) is 10.0. The van der Waals surface area contributed by atoms with Gasteiger partial charge < -0.3 is 4.74 Å². The van der Waals surface area contributed by atoms with Crippen LogP contribution in [0.5, 0.6) is 5.88 Å². The molecule has 0 fully saturated rings. The highest BCUT2D eigenvalue weighted by atomic mass is 19.1. The van der Waals surface area contributed by atoms with Crippen molar-refractivity contribution in [2.45, 2.75) is 33.2 Å². The largest absolute Gasteiger partial charge is 0.479 e. The average Bonchev–Trinajstić information content (AvgIpc) is 2.28. The molecule has 0 atom stereocenters. The molecule has 0 aromatic carbocycles. The number of ether oxygens (including phenoxy) is 1. The molecule has 0 saturated heterocycles. The summed E-state index contributed by atoms with van der Waals surface area (Å²) in [7, 11) is 1.45. The minimum absolute atomic E-state index is 0.199. The van der Waals surface area contributed by atoms with Gasteiger partial charge in [-0.15, -0.1) is 0 Å². The van der Waals surface area contributed by atoms with Gasteiger partial charge in [0.1, 0.15) is 0 Å². The van der Waals surface area contributed by atoms with Crippen LogP contribution in [0.3, 0.4) is 0 Å². The molecule has 13 heavy (non-hydrogen) atoms. The summed E-state index contributed by atoms with van der Waals surface area (Å²) >= 11 is 0. The molecule has 1 heterocycles. The molecule has 0 amide bonds. The smallest absolute Gasteiger partial charge is 0.249 e. The summed E-state index contributed by atoms with van der Waals surface area (Å²) in [6, 6.07) is 0. The summed E-state index contributed by atoms with van der Waals surface area (Å²) < 4.78 is 19.8. The lowest BCUT2D eigenvalue weighted by molar-refractivity contribution is 0.273. The minimum atomic E-state index is -0.377. The quantitative estimate of drug-likeness (QED) is 0.671. The Hall–Kier alpha value is -1.06. The standard InChI is InChI=1S/C9H15FN2O/c1-6-7(10)8(13-5)12(11-6)9(2,3)4/h1-5H3. The van der Waals surface area contributed by atoms with E-state index in [2.05, 4.69) is 5.10 Å². The third-order valence-electron chi connectivity index (χ3n) is 1.78. The predicted octanol–water partition coefficient (Wildman–Crippen LogP) is 2.09. The Kier molecular flexibility index (Phi) is 2.32. The number of rotatable bonds is 1. The van der Waals surface area contributed by atoms with Crippen LogP contribution < -0.4 is 4.74 Å². The number of hydrogen-bond acceptors (Lipinski definition) is 2. The monoisotopic (exact) mass is 186 g/mol. The van der Waals surface area contributed by atoms with Gasteiger partial charge in [0, 0.05) is 0 Å². The number of aryl methyl sites for hydroxylation is 1. The van der Waals surface area contributed by atoms with Crippen LogP contribution in [-0.4, -0.2) is 16.9 Å². The summed E-state index contributed by atoms with van der Waals surface area (Å²) in [6.45, 7) is 7.46. The van der Waals surface area contributed by atoms with Crippen molar-refractivity contribution in [3.05, 3.63) is 11.5 Å².